The standard InChI is InChI=1S/C11H23NOS/c1-4-6-8-12-11(13-3)10-14-9-7-5-2/h10,12H,4-9H2,1-3H3. The molecule has 3 heteroatoms. The number of hydrogen-bond acceptors (Lipinski definition) is 3. The van der Waals surface area contributed by atoms with Gasteiger partial charge in [0.1, 0.15) is 0 Å². The van der Waals surface area contributed by atoms with E-state index in [0.717, 1.165) is 12.4 Å². The zero-order valence-electron chi connectivity index (χ0n) is 9.64. The highest BCUT2D eigenvalue weighted by molar-refractivity contribution is 8.02. The minimum absolute atomic E-state index is 0.902. The Labute approximate surface area is 92.5 Å². The van der Waals surface area contributed by atoms with E-state index in [0.29, 0.717) is 0 Å². The zero-order chi connectivity index (χ0) is 10.6. The molecule has 84 valence electrons. The number of rotatable bonds is 9. The molecule has 0 aliphatic carbocycles. The van der Waals surface area contributed by atoms with Crippen molar-refractivity contribution in [1.82, 2.24) is 5.32 Å². The second-order valence-corrected chi connectivity index (χ2v) is 4.17. The molecule has 0 aromatic carbocycles. The maximum Gasteiger partial charge on any atom is 0.192 e. The highest BCUT2D eigenvalue weighted by Crippen LogP contribution is 2.08. The summed E-state index contributed by atoms with van der Waals surface area (Å²) in [7, 11) is 1.71. The van der Waals surface area contributed by atoms with E-state index < -0.39 is 0 Å². The van der Waals surface area contributed by atoms with Gasteiger partial charge in [0.25, 0.3) is 0 Å². The zero-order valence-corrected chi connectivity index (χ0v) is 10.5. The van der Waals surface area contributed by atoms with Crippen LogP contribution < -0.4 is 5.32 Å². The van der Waals surface area contributed by atoms with E-state index in [9.17, 15) is 0 Å². The van der Waals surface area contributed by atoms with Gasteiger partial charge in [0.15, 0.2) is 5.88 Å². The Hall–Kier alpha value is -0.310. The first-order valence-electron chi connectivity index (χ1n) is 5.44. The fraction of sp³-hybridized carbons (Fsp3) is 0.818. The predicted molar refractivity (Wildman–Crippen MR) is 65.4 cm³/mol. The molecule has 0 saturated carbocycles. The van der Waals surface area contributed by atoms with Crippen molar-refractivity contribution < 1.29 is 4.74 Å². The molecule has 0 bridgehead atoms. The summed E-state index contributed by atoms with van der Waals surface area (Å²) in [5, 5.41) is 5.34. The van der Waals surface area contributed by atoms with Crippen LogP contribution >= 0.6 is 11.8 Å². The smallest absolute Gasteiger partial charge is 0.192 e. The Morgan fingerprint density at radius 1 is 1.29 bits per heavy atom. The average Bonchev–Trinajstić information content (AvgIpc) is 2.22. The molecule has 0 spiro atoms. The van der Waals surface area contributed by atoms with Crippen molar-refractivity contribution in [2.45, 2.75) is 39.5 Å². The molecule has 0 aliphatic rings. The first-order valence-corrected chi connectivity index (χ1v) is 6.49. The van der Waals surface area contributed by atoms with Crippen LogP contribution in [0.2, 0.25) is 0 Å². The summed E-state index contributed by atoms with van der Waals surface area (Å²) >= 11 is 1.82. The van der Waals surface area contributed by atoms with Gasteiger partial charge in [-0.25, -0.2) is 0 Å². The SMILES string of the molecule is CCCCNC(=CSCCCC)OC. The summed E-state index contributed by atoms with van der Waals surface area (Å²) < 4.78 is 5.21. The van der Waals surface area contributed by atoms with Crippen molar-refractivity contribution >= 4 is 11.8 Å². The second-order valence-electron chi connectivity index (χ2n) is 3.19. The van der Waals surface area contributed by atoms with Gasteiger partial charge in [-0.3, -0.25) is 0 Å². The van der Waals surface area contributed by atoms with E-state index in [2.05, 4.69) is 24.6 Å². The molecule has 0 atom stereocenters. The predicted octanol–water partition coefficient (Wildman–Crippen LogP) is 3.35. The minimum Gasteiger partial charge on any atom is -0.482 e. The number of hydrogen-bond donors (Lipinski definition) is 1. The Kier molecular flexibility index (Phi) is 10.5. The normalized spacial score (nSPS) is 11.5. The molecule has 0 unspecified atom stereocenters. The Bertz CT molecular complexity index is 148. The third-order valence-electron chi connectivity index (χ3n) is 1.86. The first kappa shape index (κ1) is 13.7. The van der Waals surface area contributed by atoms with E-state index in [1.54, 1.807) is 7.11 Å². The molecule has 14 heavy (non-hydrogen) atoms. The maximum absolute atomic E-state index is 5.21. The largest absolute Gasteiger partial charge is 0.482 e. The van der Waals surface area contributed by atoms with Crippen LogP contribution in [0.25, 0.3) is 0 Å². The Balaban J connectivity index is 3.53. The van der Waals surface area contributed by atoms with Crippen molar-refractivity contribution in [1.29, 1.82) is 0 Å². The summed E-state index contributed by atoms with van der Waals surface area (Å²) in [6, 6.07) is 0. The van der Waals surface area contributed by atoms with Gasteiger partial charge < -0.3 is 10.1 Å². The third-order valence-corrected chi connectivity index (χ3v) is 2.76. The van der Waals surface area contributed by atoms with Gasteiger partial charge in [0.05, 0.1) is 7.11 Å². The quantitative estimate of drug-likeness (QED) is 0.473. The summed E-state index contributed by atoms with van der Waals surface area (Å²) in [5.74, 6) is 2.08. The molecular formula is C11H23NOS. The number of methoxy groups -OCH3 is 1. The molecule has 0 aromatic rings. The van der Waals surface area contributed by atoms with E-state index in [1.807, 2.05) is 11.8 Å². The molecular weight excluding hydrogens is 194 g/mol. The van der Waals surface area contributed by atoms with Crippen LogP contribution in [0.3, 0.4) is 0 Å². The summed E-state index contributed by atoms with van der Waals surface area (Å²) in [4.78, 5) is 0. The fourth-order valence-corrected chi connectivity index (χ4v) is 1.82. The molecule has 1 N–H and O–H groups in total. The molecule has 0 saturated heterocycles. The fourth-order valence-electron chi connectivity index (χ4n) is 0.913. The van der Waals surface area contributed by atoms with Crippen LogP contribution in [0, 0.1) is 0 Å². The molecule has 0 aromatic heterocycles. The highest BCUT2D eigenvalue weighted by Gasteiger charge is 1.93. The molecule has 0 rings (SSSR count). The lowest BCUT2D eigenvalue weighted by Crippen LogP contribution is -2.15. The molecule has 0 radical (unpaired) electrons. The van der Waals surface area contributed by atoms with Crippen LogP contribution in [0.4, 0.5) is 0 Å². The second kappa shape index (κ2) is 10.8. The monoisotopic (exact) mass is 217 g/mol. The van der Waals surface area contributed by atoms with Crippen molar-refractivity contribution in [3.8, 4) is 0 Å². The molecule has 0 amide bonds. The van der Waals surface area contributed by atoms with Crippen LogP contribution in [-0.4, -0.2) is 19.4 Å². The maximum atomic E-state index is 5.21. The Morgan fingerprint density at radius 3 is 2.57 bits per heavy atom. The topological polar surface area (TPSA) is 21.3 Å². The minimum atomic E-state index is 0.902. The third kappa shape index (κ3) is 8.30. The van der Waals surface area contributed by atoms with E-state index in [4.69, 9.17) is 4.74 Å². The van der Waals surface area contributed by atoms with E-state index in [-0.39, 0.29) is 0 Å². The number of unbranched alkanes of at least 4 members (excludes halogenated alkanes) is 2. The molecule has 0 fully saturated rings. The lowest BCUT2D eigenvalue weighted by atomic mass is 10.3. The lowest BCUT2D eigenvalue weighted by molar-refractivity contribution is 0.262. The van der Waals surface area contributed by atoms with Gasteiger partial charge in [-0.05, 0) is 18.6 Å². The van der Waals surface area contributed by atoms with Crippen LogP contribution in [0.1, 0.15) is 39.5 Å². The summed E-state index contributed by atoms with van der Waals surface area (Å²) in [6.45, 7) is 5.40. The summed E-state index contributed by atoms with van der Waals surface area (Å²) in [6.07, 6.45) is 4.94. The van der Waals surface area contributed by atoms with Crippen molar-refractivity contribution in [2.75, 3.05) is 19.4 Å². The molecule has 2 nitrogen and oxygen atoms in total. The number of ether oxygens (including phenoxy) is 1. The van der Waals surface area contributed by atoms with Crippen LogP contribution in [-0.2, 0) is 4.74 Å². The molecule has 0 heterocycles. The lowest BCUT2D eigenvalue weighted by Gasteiger charge is -2.08. The van der Waals surface area contributed by atoms with Crippen LogP contribution in [0.15, 0.2) is 11.3 Å². The van der Waals surface area contributed by atoms with Gasteiger partial charge in [-0.2, -0.15) is 0 Å². The van der Waals surface area contributed by atoms with Crippen molar-refractivity contribution in [3.63, 3.8) is 0 Å². The van der Waals surface area contributed by atoms with Gasteiger partial charge in [-0.15, -0.1) is 11.8 Å². The van der Waals surface area contributed by atoms with Gasteiger partial charge in [0, 0.05) is 12.0 Å². The van der Waals surface area contributed by atoms with Crippen LogP contribution in [0.5, 0.6) is 0 Å². The number of nitrogens with one attached hydrogen (secondary N) is 1. The van der Waals surface area contributed by atoms with Crippen molar-refractivity contribution in [3.05, 3.63) is 11.3 Å². The number of thioether (sulfide) groups is 1. The molecule has 0 aliphatic heterocycles. The van der Waals surface area contributed by atoms with Gasteiger partial charge in [0.2, 0.25) is 0 Å². The van der Waals surface area contributed by atoms with Gasteiger partial charge in [-0.1, -0.05) is 26.7 Å². The first-order chi connectivity index (χ1) is 6.85. The highest BCUT2D eigenvalue weighted by atomic mass is 32.2. The van der Waals surface area contributed by atoms with E-state index >= 15 is 0 Å². The van der Waals surface area contributed by atoms with Crippen molar-refractivity contribution in [2.24, 2.45) is 0 Å². The van der Waals surface area contributed by atoms with E-state index in [1.165, 1.54) is 31.4 Å². The summed E-state index contributed by atoms with van der Waals surface area (Å²) in [5.41, 5.74) is 0. The van der Waals surface area contributed by atoms with Gasteiger partial charge >= 0.3 is 0 Å². The Morgan fingerprint density at radius 2 is 2.00 bits per heavy atom. The average molecular weight is 217 g/mol.